The highest BCUT2D eigenvalue weighted by molar-refractivity contribution is 9.10. The number of hydrogen-bond acceptors (Lipinski definition) is 2. The third-order valence-electron chi connectivity index (χ3n) is 3.38. The maximum atomic E-state index is 14.2. The summed E-state index contributed by atoms with van der Waals surface area (Å²) in [5.74, 6) is -0.756. The van der Waals surface area contributed by atoms with E-state index in [0.717, 1.165) is 6.07 Å². The Labute approximate surface area is 149 Å². The van der Waals surface area contributed by atoms with E-state index < -0.39 is 45.8 Å². The van der Waals surface area contributed by atoms with Crippen molar-refractivity contribution in [2.75, 3.05) is 0 Å². The zero-order chi connectivity index (χ0) is 18.9. The molecule has 2 unspecified atom stereocenters. The summed E-state index contributed by atoms with van der Waals surface area (Å²) in [5.41, 5.74) is -1.81. The van der Waals surface area contributed by atoms with E-state index in [2.05, 4.69) is 20.7 Å². The summed E-state index contributed by atoms with van der Waals surface area (Å²) >= 11 is 3.15. The lowest BCUT2D eigenvalue weighted by Crippen LogP contribution is -2.50. The Morgan fingerprint density at radius 3 is 2.25 bits per heavy atom. The maximum absolute atomic E-state index is 14.2. The van der Waals surface area contributed by atoms with Crippen LogP contribution < -0.4 is 4.72 Å². The molecule has 0 radical (unpaired) electrons. The molecule has 1 aromatic rings. The number of alkyl halides is 3. The molecule has 3 nitrogen and oxygen atoms in total. The average Bonchev–Trinajstić information content (AvgIpc) is 2.39. The van der Waals surface area contributed by atoms with E-state index in [1.165, 1.54) is 19.1 Å². The minimum Gasteiger partial charge on any atom is -0.384 e. The Bertz CT molecular complexity index is 618. The van der Waals surface area contributed by atoms with Crippen molar-refractivity contribution < 1.29 is 26.9 Å². The molecule has 0 saturated heterocycles. The number of hydrogen-bond donors (Lipinski definition) is 2. The molecule has 0 spiro atoms. The first-order valence-corrected chi connectivity index (χ1v) is 9.01. The molecule has 0 fully saturated rings. The van der Waals surface area contributed by atoms with Gasteiger partial charge in [0.2, 0.25) is 0 Å². The Morgan fingerprint density at radius 2 is 1.79 bits per heavy atom. The third-order valence-corrected chi connectivity index (χ3v) is 5.62. The smallest absolute Gasteiger partial charge is 0.384 e. The Morgan fingerprint density at radius 1 is 1.25 bits per heavy atom. The summed E-state index contributed by atoms with van der Waals surface area (Å²) in [7, 11) is -1.78. The molecule has 1 aromatic carbocycles. The standard InChI is InChI=1S/C15H20BrF4NO2S/c1-13(2,3)24(23)21-14(4,8-12(22)15(18,19)20)10-7-9(16)5-6-11(10)17/h5-7,12,21-22H,8H2,1-4H3/t12-,14?,24?/m0/s1. The molecule has 0 amide bonds. The Hall–Kier alpha value is -0.510. The van der Waals surface area contributed by atoms with Gasteiger partial charge in [-0.25, -0.2) is 13.3 Å². The fourth-order valence-corrected chi connectivity index (χ4v) is 3.26. The number of aliphatic hydroxyl groups excluding tert-OH is 1. The zero-order valence-electron chi connectivity index (χ0n) is 13.7. The minimum absolute atomic E-state index is 0.113. The molecule has 9 heteroatoms. The van der Waals surface area contributed by atoms with Crippen LogP contribution in [0.3, 0.4) is 0 Å². The van der Waals surface area contributed by atoms with Gasteiger partial charge in [-0.1, -0.05) is 15.9 Å². The highest BCUT2D eigenvalue weighted by Crippen LogP contribution is 2.36. The molecule has 24 heavy (non-hydrogen) atoms. The lowest BCUT2D eigenvalue weighted by atomic mass is 9.87. The van der Waals surface area contributed by atoms with E-state index in [1.54, 1.807) is 20.8 Å². The number of aliphatic hydroxyl groups is 1. The van der Waals surface area contributed by atoms with E-state index in [0.29, 0.717) is 4.47 Å². The second-order valence-electron chi connectivity index (χ2n) is 6.70. The lowest BCUT2D eigenvalue weighted by molar-refractivity contribution is -0.209. The van der Waals surface area contributed by atoms with Crippen LogP contribution in [0.15, 0.2) is 22.7 Å². The van der Waals surface area contributed by atoms with Gasteiger partial charge >= 0.3 is 6.18 Å². The van der Waals surface area contributed by atoms with Crippen LogP contribution in [0.2, 0.25) is 0 Å². The molecule has 138 valence electrons. The molecule has 2 N–H and O–H groups in total. The average molecular weight is 434 g/mol. The first-order chi connectivity index (χ1) is 10.7. The van der Waals surface area contributed by atoms with Gasteiger partial charge in [0.1, 0.15) is 5.82 Å². The van der Waals surface area contributed by atoms with E-state index >= 15 is 0 Å². The second kappa shape index (κ2) is 7.39. The van der Waals surface area contributed by atoms with Crippen molar-refractivity contribution in [1.82, 2.24) is 4.72 Å². The summed E-state index contributed by atoms with van der Waals surface area (Å²) in [6.45, 7) is 6.19. The summed E-state index contributed by atoms with van der Waals surface area (Å²) < 4.78 is 67.2. The van der Waals surface area contributed by atoms with Gasteiger partial charge in [-0.2, -0.15) is 13.2 Å². The van der Waals surface area contributed by atoms with E-state index in [9.17, 15) is 26.9 Å². The van der Waals surface area contributed by atoms with Crippen molar-refractivity contribution in [3.05, 3.63) is 34.1 Å². The van der Waals surface area contributed by atoms with Crippen LogP contribution in [0.25, 0.3) is 0 Å². The molecular formula is C15H20BrF4NO2S. The van der Waals surface area contributed by atoms with Gasteiger partial charge in [0.15, 0.2) is 6.10 Å². The van der Waals surface area contributed by atoms with Gasteiger partial charge < -0.3 is 5.11 Å². The SMILES string of the molecule is CC(C[C@H](O)C(F)(F)F)(NS(=O)C(C)(C)C)c1cc(Br)ccc1F. The van der Waals surface area contributed by atoms with Crippen molar-refractivity contribution in [1.29, 1.82) is 0 Å². The topological polar surface area (TPSA) is 49.3 Å². The first-order valence-electron chi connectivity index (χ1n) is 7.07. The Kier molecular flexibility index (Phi) is 6.63. The quantitative estimate of drug-likeness (QED) is 0.684. The fraction of sp³-hybridized carbons (Fsp3) is 0.600. The van der Waals surface area contributed by atoms with Gasteiger partial charge in [0, 0.05) is 16.5 Å². The van der Waals surface area contributed by atoms with Crippen LogP contribution in [0.1, 0.15) is 39.7 Å². The van der Waals surface area contributed by atoms with Crippen molar-refractivity contribution >= 4 is 26.9 Å². The first kappa shape index (κ1) is 21.5. The molecule has 0 aliphatic rings. The normalized spacial score (nSPS) is 18.1. The fourth-order valence-electron chi connectivity index (χ4n) is 1.99. The summed E-state index contributed by atoms with van der Waals surface area (Å²) in [5, 5.41) is 9.46. The van der Waals surface area contributed by atoms with Gasteiger partial charge in [-0.05, 0) is 45.9 Å². The predicted molar refractivity (Wildman–Crippen MR) is 89.2 cm³/mol. The molecule has 3 atom stereocenters. The van der Waals surface area contributed by atoms with Crippen molar-refractivity contribution in [3.8, 4) is 0 Å². The summed E-state index contributed by atoms with van der Waals surface area (Å²) in [6, 6.07) is 3.81. The highest BCUT2D eigenvalue weighted by Gasteiger charge is 2.45. The van der Waals surface area contributed by atoms with Gasteiger partial charge in [0.25, 0.3) is 0 Å². The molecule has 0 bridgehead atoms. The van der Waals surface area contributed by atoms with Crippen LogP contribution in [0.5, 0.6) is 0 Å². The van der Waals surface area contributed by atoms with Gasteiger partial charge in [-0.15, -0.1) is 0 Å². The van der Waals surface area contributed by atoms with Crippen LogP contribution in [-0.4, -0.2) is 26.3 Å². The van der Waals surface area contributed by atoms with Crippen LogP contribution in [0.4, 0.5) is 17.6 Å². The molecule has 0 aromatic heterocycles. The molecule has 0 aliphatic heterocycles. The minimum atomic E-state index is -4.87. The van der Waals surface area contributed by atoms with Gasteiger partial charge in [0.05, 0.1) is 21.3 Å². The van der Waals surface area contributed by atoms with Crippen molar-refractivity contribution in [2.45, 2.75) is 56.7 Å². The molecular weight excluding hydrogens is 414 g/mol. The molecule has 0 saturated carbocycles. The lowest BCUT2D eigenvalue weighted by Gasteiger charge is -2.36. The van der Waals surface area contributed by atoms with E-state index in [1.807, 2.05) is 0 Å². The summed E-state index contributed by atoms with van der Waals surface area (Å²) in [4.78, 5) is 0. The predicted octanol–water partition coefficient (Wildman–Crippen LogP) is 4.17. The zero-order valence-corrected chi connectivity index (χ0v) is 16.1. The maximum Gasteiger partial charge on any atom is 0.414 e. The van der Waals surface area contributed by atoms with Gasteiger partial charge in [-0.3, -0.25) is 0 Å². The molecule has 0 aliphatic carbocycles. The third kappa shape index (κ3) is 5.50. The monoisotopic (exact) mass is 433 g/mol. The van der Waals surface area contributed by atoms with Crippen LogP contribution >= 0.6 is 15.9 Å². The van der Waals surface area contributed by atoms with E-state index in [4.69, 9.17) is 0 Å². The second-order valence-corrected chi connectivity index (χ2v) is 9.58. The molecule has 1 rings (SSSR count). The van der Waals surface area contributed by atoms with Crippen LogP contribution in [0, 0.1) is 5.82 Å². The van der Waals surface area contributed by atoms with Crippen LogP contribution in [-0.2, 0) is 16.5 Å². The number of halogens is 5. The number of benzene rings is 1. The van der Waals surface area contributed by atoms with E-state index in [-0.39, 0.29) is 5.56 Å². The number of rotatable bonds is 5. The summed E-state index contributed by atoms with van der Waals surface area (Å²) in [6.07, 6.45) is -8.44. The molecule has 0 heterocycles. The number of nitrogens with one attached hydrogen (secondary N) is 1. The Balaban J connectivity index is 3.35. The van der Waals surface area contributed by atoms with Crippen molar-refractivity contribution in [2.24, 2.45) is 0 Å². The van der Waals surface area contributed by atoms with Crippen molar-refractivity contribution in [3.63, 3.8) is 0 Å². The highest BCUT2D eigenvalue weighted by atomic mass is 79.9. The largest absolute Gasteiger partial charge is 0.414 e.